The van der Waals surface area contributed by atoms with Crippen LogP contribution in [0.25, 0.3) is 11.4 Å². The lowest BCUT2D eigenvalue weighted by molar-refractivity contribution is -0.138. The van der Waals surface area contributed by atoms with Crippen LogP contribution in [-0.4, -0.2) is 21.4 Å². The van der Waals surface area contributed by atoms with E-state index >= 15 is 0 Å². The first-order valence-electron chi connectivity index (χ1n) is 8.89. The topological polar surface area (TPSA) is 29.0 Å². The summed E-state index contributed by atoms with van der Waals surface area (Å²) in [5.74, 6) is -0.211. The number of rotatable bonds is 3. The Morgan fingerprint density at radius 3 is 2.54 bits per heavy atom. The molecule has 0 N–H and O–H groups in total. The normalized spacial score (nSPS) is 14.7. The van der Waals surface area contributed by atoms with Crippen LogP contribution in [-0.2, 0) is 25.7 Å². The summed E-state index contributed by atoms with van der Waals surface area (Å²) >= 11 is 0. The Morgan fingerprint density at radius 1 is 1.00 bits per heavy atom. The molecule has 1 aromatic heterocycles. The molecule has 28 heavy (non-hydrogen) atoms. The van der Waals surface area contributed by atoms with Crippen LogP contribution in [0.3, 0.4) is 0 Å². The minimum absolute atomic E-state index is 0.110. The van der Waals surface area contributed by atoms with Gasteiger partial charge in [0.25, 0.3) is 0 Å². The van der Waals surface area contributed by atoms with Gasteiger partial charge in [-0.1, -0.05) is 36.4 Å². The van der Waals surface area contributed by atoms with Crippen molar-refractivity contribution in [1.29, 1.82) is 0 Å². The van der Waals surface area contributed by atoms with E-state index in [2.05, 4.69) is 9.97 Å². The maximum Gasteiger partial charge on any atom is 0.416 e. The number of hydrogen-bond donors (Lipinski definition) is 0. The van der Waals surface area contributed by atoms with Crippen LogP contribution in [0.2, 0.25) is 0 Å². The fraction of sp³-hybridized carbons (Fsp3) is 0.238. The zero-order chi connectivity index (χ0) is 19.7. The zero-order valence-electron chi connectivity index (χ0n) is 14.9. The first-order chi connectivity index (χ1) is 13.4. The standard InChI is InChI=1S/C21H17F4N3/c22-18-8-4-7-17(21(23,24)25)16(18)13-28-10-9-19-15(12-28)11-26-20(27-19)14-5-2-1-3-6-14/h1-8,11H,9-10,12-13H2. The van der Waals surface area contributed by atoms with Crippen LogP contribution in [0.4, 0.5) is 17.6 Å². The molecule has 7 heteroatoms. The van der Waals surface area contributed by atoms with Gasteiger partial charge in [0.2, 0.25) is 0 Å². The number of nitrogens with zero attached hydrogens (tertiary/aromatic N) is 3. The van der Waals surface area contributed by atoms with Gasteiger partial charge in [0.1, 0.15) is 5.82 Å². The second-order valence-electron chi connectivity index (χ2n) is 6.76. The monoisotopic (exact) mass is 387 g/mol. The number of fused-ring (bicyclic) bond motifs is 1. The van der Waals surface area contributed by atoms with Crippen LogP contribution >= 0.6 is 0 Å². The van der Waals surface area contributed by atoms with Crippen LogP contribution < -0.4 is 0 Å². The Bertz CT molecular complexity index is 987. The highest BCUT2D eigenvalue weighted by Crippen LogP contribution is 2.34. The van der Waals surface area contributed by atoms with Gasteiger partial charge in [0.15, 0.2) is 5.82 Å². The molecular weight excluding hydrogens is 370 g/mol. The lowest BCUT2D eigenvalue weighted by atomic mass is 10.0. The molecule has 2 aromatic carbocycles. The molecule has 0 fully saturated rings. The number of benzene rings is 2. The number of halogens is 4. The molecule has 2 heterocycles. The largest absolute Gasteiger partial charge is 0.416 e. The molecule has 0 bridgehead atoms. The average molecular weight is 387 g/mol. The first-order valence-corrected chi connectivity index (χ1v) is 8.89. The predicted octanol–water partition coefficient (Wildman–Crippen LogP) is 4.86. The molecule has 0 saturated heterocycles. The van der Waals surface area contributed by atoms with Crippen molar-refractivity contribution in [2.45, 2.75) is 25.7 Å². The van der Waals surface area contributed by atoms with Crippen molar-refractivity contribution in [1.82, 2.24) is 14.9 Å². The third kappa shape index (κ3) is 3.75. The van der Waals surface area contributed by atoms with Crippen molar-refractivity contribution in [2.24, 2.45) is 0 Å². The van der Waals surface area contributed by atoms with E-state index in [1.807, 2.05) is 30.3 Å². The van der Waals surface area contributed by atoms with Crippen LogP contribution in [0.15, 0.2) is 54.7 Å². The molecule has 3 nitrogen and oxygen atoms in total. The second kappa shape index (κ2) is 7.31. The van der Waals surface area contributed by atoms with Crippen molar-refractivity contribution in [2.75, 3.05) is 6.54 Å². The van der Waals surface area contributed by atoms with Gasteiger partial charge in [-0.05, 0) is 12.1 Å². The van der Waals surface area contributed by atoms with E-state index in [0.717, 1.165) is 35.0 Å². The van der Waals surface area contributed by atoms with E-state index in [1.54, 1.807) is 11.1 Å². The van der Waals surface area contributed by atoms with E-state index in [-0.39, 0.29) is 12.1 Å². The second-order valence-corrected chi connectivity index (χ2v) is 6.76. The van der Waals surface area contributed by atoms with Crippen LogP contribution in [0, 0.1) is 5.82 Å². The maximum atomic E-state index is 14.1. The Balaban J connectivity index is 1.56. The third-order valence-corrected chi connectivity index (χ3v) is 4.85. The summed E-state index contributed by atoms with van der Waals surface area (Å²) in [6, 6.07) is 12.7. The van der Waals surface area contributed by atoms with Gasteiger partial charge in [-0.2, -0.15) is 13.2 Å². The van der Waals surface area contributed by atoms with Gasteiger partial charge in [-0.3, -0.25) is 4.90 Å². The number of aromatic nitrogens is 2. The lowest BCUT2D eigenvalue weighted by Crippen LogP contribution is -2.32. The molecule has 0 spiro atoms. The smallest absolute Gasteiger partial charge is 0.294 e. The van der Waals surface area contributed by atoms with E-state index in [4.69, 9.17) is 0 Å². The van der Waals surface area contributed by atoms with Crippen molar-refractivity contribution in [3.05, 3.63) is 82.9 Å². The molecule has 1 aliphatic heterocycles. The predicted molar refractivity (Wildman–Crippen MR) is 96.7 cm³/mol. The maximum absolute atomic E-state index is 14.1. The molecule has 1 aliphatic rings. The van der Waals surface area contributed by atoms with E-state index < -0.39 is 17.6 Å². The Kier molecular flexibility index (Phi) is 4.85. The molecule has 3 aromatic rings. The number of hydrogen-bond acceptors (Lipinski definition) is 3. The van der Waals surface area contributed by atoms with Crippen molar-refractivity contribution in [3.8, 4) is 11.4 Å². The fourth-order valence-electron chi connectivity index (χ4n) is 3.44. The van der Waals surface area contributed by atoms with Crippen molar-refractivity contribution >= 4 is 0 Å². The van der Waals surface area contributed by atoms with E-state index in [9.17, 15) is 17.6 Å². The van der Waals surface area contributed by atoms with Crippen molar-refractivity contribution in [3.63, 3.8) is 0 Å². The van der Waals surface area contributed by atoms with Gasteiger partial charge in [0.05, 0.1) is 11.3 Å². The average Bonchev–Trinajstić information content (AvgIpc) is 2.69. The van der Waals surface area contributed by atoms with Gasteiger partial charge < -0.3 is 0 Å². The summed E-state index contributed by atoms with van der Waals surface area (Å²) in [6.45, 7) is 0.779. The summed E-state index contributed by atoms with van der Waals surface area (Å²) in [4.78, 5) is 10.8. The van der Waals surface area contributed by atoms with Crippen LogP contribution in [0.1, 0.15) is 22.4 Å². The zero-order valence-corrected chi connectivity index (χ0v) is 14.9. The SMILES string of the molecule is Fc1cccc(C(F)(F)F)c1CN1CCc2nc(-c3ccccc3)ncc2C1. The Hall–Kier alpha value is -2.80. The molecule has 0 aliphatic carbocycles. The van der Waals surface area contributed by atoms with Gasteiger partial charge in [0, 0.05) is 48.9 Å². The molecule has 0 saturated carbocycles. The highest BCUT2D eigenvalue weighted by molar-refractivity contribution is 5.54. The Morgan fingerprint density at radius 2 is 1.79 bits per heavy atom. The summed E-state index contributed by atoms with van der Waals surface area (Å²) in [6.07, 6.45) is -2.30. The third-order valence-electron chi connectivity index (χ3n) is 4.85. The Labute approximate surface area is 159 Å². The quantitative estimate of drug-likeness (QED) is 0.601. The summed E-state index contributed by atoms with van der Waals surface area (Å²) in [7, 11) is 0. The van der Waals surface area contributed by atoms with Gasteiger partial charge in [-0.25, -0.2) is 14.4 Å². The molecule has 0 radical (unpaired) electrons. The molecule has 0 amide bonds. The van der Waals surface area contributed by atoms with Crippen molar-refractivity contribution < 1.29 is 17.6 Å². The molecule has 0 unspecified atom stereocenters. The minimum Gasteiger partial charge on any atom is -0.294 e. The summed E-state index contributed by atoms with van der Waals surface area (Å²) in [5.41, 5.74) is 1.41. The van der Waals surface area contributed by atoms with Crippen LogP contribution in [0.5, 0.6) is 0 Å². The molecule has 4 rings (SSSR count). The summed E-state index contributed by atoms with van der Waals surface area (Å²) in [5, 5.41) is 0. The lowest BCUT2D eigenvalue weighted by Gasteiger charge is -2.29. The highest BCUT2D eigenvalue weighted by Gasteiger charge is 2.35. The first kappa shape index (κ1) is 18.6. The van der Waals surface area contributed by atoms with E-state index in [0.29, 0.717) is 25.3 Å². The molecule has 144 valence electrons. The highest BCUT2D eigenvalue weighted by atomic mass is 19.4. The molecule has 0 atom stereocenters. The van der Waals surface area contributed by atoms with E-state index in [1.165, 1.54) is 0 Å². The molecular formula is C21H17F4N3. The van der Waals surface area contributed by atoms with Gasteiger partial charge in [-0.15, -0.1) is 0 Å². The minimum atomic E-state index is -4.58. The van der Waals surface area contributed by atoms with Gasteiger partial charge >= 0.3 is 6.18 Å². The number of alkyl halides is 3. The fourth-order valence-corrected chi connectivity index (χ4v) is 3.44. The summed E-state index contributed by atoms with van der Waals surface area (Å²) < 4.78 is 53.8.